The van der Waals surface area contributed by atoms with Crippen LogP contribution in [0, 0.1) is 17.8 Å². The summed E-state index contributed by atoms with van der Waals surface area (Å²) in [5, 5.41) is 0. The maximum Gasteiger partial charge on any atom is 0.306 e. The average molecular weight is 681 g/mol. The average Bonchev–Trinajstić information content (AvgIpc) is 3.06. The number of hydrogen-bond donors (Lipinski definition) is 0. The van der Waals surface area contributed by atoms with Crippen LogP contribution in [-0.4, -0.2) is 37.2 Å². The van der Waals surface area contributed by atoms with E-state index in [1.807, 2.05) is 0 Å². The second-order valence-electron chi connectivity index (χ2n) is 15.2. The smallest absolute Gasteiger partial charge is 0.306 e. The number of hydrogen-bond acceptors (Lipinski definition) is 6. The van der Waals surface area contributed by atoms with Gasteiger partial charge in [0.1, 0.15) is 13.2 Å². The molecule has 0 N–H and O–H groups in total. The van der Waals surface area contributed by atoms with Crippen molar-refractivity contribution in [2.24, 2.45) is 17.8 Å². The first-order valence-corrected chi connectivity index (χ1v) is 20.7. The lowest BCUT2D eigenvalue weighted by Gasteiger charge is -2.18. The van der Waals surface area contributed by atoms with Gasteiger partial charge in [0.15, 0.2) is 6.10 Å². The standard InChI is InChI=1S/C42H80O6/c1-7-37(5)29-23-17-12-14-20-26-32-41(44)47-35-39(48-42(45)33-27-21-15-13-18-24-30-38(6)8-2)34-46-40(43)31-25-19-11-9-10-16-22-28-36(3)4/h36-39H,7-35H2,1-6H3/t37?,38?,39-/m0/s1. The lowest BCUT2D eigenvalue weighted by Crippen LogP contribution is -2.30. The van der Waals surface area contributed by atoms with Gasteiger partial charge in [0.2, 0.25) is 0 Å². The quantitative estimate of drug-likeness (QED) is 0.0376. The van der Waals surface area contributed by atoms with Gasteiger partial charge in [-0.2, -0.15) is 0 Å². The van der Waals surface area contributed by atoms with Crippen LogP contribution in [0.25, 0.3) is 0 Å². The molecule has 0 amide bonds. The summed E-state index contributed by atoms with van der Waals surface area (Å²) in [5.74, 6) is 1.53. The maximum atomic E-state index is 12.6. The van der Waals surface area contributed by atoms with Crippen LogP contribution in [0.15, 0.2) is 0 Å². The van der Waals surface area contributed by atoms with E-state index in [2.05, 4.69) is 41.5 Å². The Morgan fingerprint density at radius 3 is 1.08 bits per heavy atom. The van der Waals surface area contributed by atoms with Gasteiger partial charge in [-0.25, -0.2) is 0 Å². The summed E-state index contributed by atoms with van der Waals surface area (Å²) in [6, 6.07) is 0. The molecule has 0 bridgehead atoms. The van der Waals surface area contributed by atoms with E-state index in [0.717, 1.165) is 75.5 Å². The van der Waals surface area contributed by atoms with Crippen LogP contribution >= 0.6 is 0 Å². The van der Waals surface area contributed by atoms with Crippen molar-refractivity contribution in [2.75, 3.05) is 13.2 Å². The molecule has 0 spiro atoms. The van der Waals surface area contributed by atoms with Gasteiger partial charge in [-0.05, 0) is 37.0 Å². The van der Waals surface area contributed by atoms with E-state index in [1.54, 1.807) is 0 Å². The first-order valence-electron chi connectivity index (χ1n) is 20.7. The summed E-state index contributed by atoms with van der Waals surface area (Å²) < 4.78 is 16.6. The van der Waals surface area contributed by atoms with E-state index in [-0.39, 0.29) is 31.1 Å². The molecule has 0 heterocycles. The Morgan fingerprint density at radius 1 is 0.417 bits per heavy atom. The normalized spacial score (nSPS) is 13.3. The summed E-state index contributed by atoms with van der Waals surface area (Å²) in [6.07, 6.45) is 28.1. The highest BCUT2D eigenvalue weighted by Gasteiger charge is 2.19. The van der Waals surface area contributed by atoms with E-state index < -0.39 is 6.10 Å². The van der Waals surface area contributed by atoms with E-state index in [4.69, 9.17) is 14.2 Å². The van der Waals surface area contributed by atoms with Gasteiger partial charge in [0, 0.05) is 19.3 Å². The van der Waals surface area contributed by atoms with Crippen molar-refractivity contribution in [1.82, 2.24) is 0 Å². The van der Waals surface area contributed by atoms with Gasteiger partial charge in [-0.3, -0.25) is 14.4 Å². The highest BCUT2D eigenvalue weighted by molar-refractivity contribution is 5.71. The third-order valence-electron chi connectivity index (χ3n) is 9.87. The maximum absolute atomic E-state index is 12.6. The number of carbonyl (C=O) groups excluding carboxylic acids is 3. The third-order valence-corrected chi connectivity index (χ3v) is 9.87. The molecule has 0 aromatic rings. The summed E-state index contributed by atoms with van der Waals surface area (Å²) >= 11 is 0. The number of unbranched alkanes of at least 4 members (excludes halogenated alkanes) is 16. The summed E-state index contributed by atoms with van der Waals surface area (Å²) in [6.45, 7) is 13.5. The SMILES string of the molecule is CCC(C)CCCCCCCCC(=O)OC[C@H](COC(=O)CCCCCCCCCC(C)C)OC(=O)CCCCCCCCC(C)CC. The fraction of sp³-hybridized carbons (Fsp3) is 0.929. The van der Waals surface area contributed by atoms with Crippen molar-refractivity contribution in [3.05, 3.63) is 0 Å². The molecule has 6 nitrogen and oxygen atoms in total. The summed E-state index contributed by atoms with van der Waals surface area (Å²) in [5.41, 5.74) is 0. The van der Waals surface area contributed by atoms with E-state index in [1.165, 1.54) is 96.3 Å². The largest absolute Gasteiger partial charge is 0.462 e. The fourth-order valence-electron chi connectivity index (χ4n) is 5.93. The molecule has 0 aromatic heterocycles. The third kappa shape index (κ3) is 32.9. The predicted molar refractivity (Wildman–Crippen MR) is 201 cm³/mol. The van der Waals surface area contributed by atoms with Crippen LogP contribution in [0.2, 0.25) is 0 Å². The van der Waals surface area contributed by atoms with Gasteiger partial charge in [-0.15, -0.1) is 0 Å². The Labute approximate surface area is 298 Å². The van der Waals surface area contributed by atoms with Crippen LogP contribution in [0.5, 0.6) is 0 Å². The van der Waals surface area contributed by atoms with Crippen molar-refractivity contribution in [2.45, 2.75) is 221 Å². The highest BCUT2D eigenvalue weighted by atomic mass is 16.6. The Bertz CT molecular complexity index is 750. The minimum absolute atomic E-state index is 0.0689. The lowest BCUT2D eigenvalue weighted by atomic mass is 10.00. The number of ether oxygens (including phenoxy) is 3. The molecule has 0 fully saturated rings. The second kappa shape index (κ2) is 33.9. The van der Waals surface area contributed by atoms with Gasteiger partial charge in [-0.1, -0.05) is 176 Å². The zero-order chi connectivity index (χ0) is 35.7. The molecule has 0 saturated carbocycles. The minimum atomic E-state index is -0.762. The molecule has 0 aliphatic heterocycles. The van der Waals surface area contributed by atoms with Crippen molar-refractivity contribution in [1.29, 1.82) is 0 Å². The molecule has 0 aliphatic carbocycles. The van der Waals surface area contributed by atoms with E-state index >= 15 is 0 Å². The van der Waals surface area contributed by atoms with Crippen LogP contribution in [0.1, 0.15) is 215 Å². The van der Waals surface area contributed by atoms with Crippen LogP contribution in [-0.2, 0) is 28.6 Å². The zero-order valence-electron chi connectivity index (χ0n) is 32.8. The van der Waals surface area contributed by atoms with Crippen molar-refractivity contribution in [3.63, 3.8) is 0 Å². The molecule has 0 aliphatic rings. The lowest BCUT2D eigenvalue weighted by molar-refractivity contribution is -0.167. The second-order valence-corrected chi connectivity index (χ2v) is 15.2. The molecule has 0 rings (SSSR count). The van der Waals surface area contributed by atoms with Gasteiger partial charge >= 0.3 is 17.9 Å². The van der Waals surface area contributed by atoms with Gasteiger partial charge in [0.05, 0.1) is 0 Å². The summed E-state index contributed by atoms with van der Waals surface area (Å²) in [7, 11) is 0. The Hall–Kier alpha value is -1.59. The monoisotopic (exact) mass is 681 g/mol. The molecule has 48 heavy (non-hydrogen) atoms. The molecular formula is C42H80O6. The zero-order valence-corrected chi connectivity index (χ0v) is 32.8. The van der Waals surface area contributed by atoms with E-state index in [0.29, 0.717) is 19.3 Å². The van der Waals surface area contributed by atoms with Crippen molar-refractivity contribution >= 4 is 17.9 Å². The number of esters is 3. The van der Waals surface area contributed by atoms with Crippen molar-refractivity contribution < 1.29 is 28.6 Å². The predicted octanol–water partition coefficient (Wildman–Crippen LogP) is 12.5. The van der Waals surface area contributed by atoms with Crippen molar-refractivity contribution in [3.8, 4) is 0 Å². The van der Waals surface area contributed by atoms with E-state index in [9.17, 15) is 14.4 Å². The number of rotatable bonds is 35. The van der Waals surface area contributed by atoms with Crippen LogP contribution < -0.4 is 0 Å². The molecule has 6 heteroatoms. The first kappa shape index (κ1) is 46.4. The first-order chi connectivity index (χ1) is 23.2. The minimum Gasteiger partial charge on any atom is -0.462 e. The van der Waals surface area contributed by atoms with Crippen LogP contribution in [0.4, 0.5) is 0 Å². The molecule has 2 unspecified atom stereocenters. The summed E-state index contributed by atoms with van der Waals surface area (Å²) in [4.78, 5) is 37.5. The topological polar surface area (TPSA) is 78.9 Å². The molecule has 0 saturated heterocycles. The molecule has 0 aromatic carbocycles. The fourth-order valence-corrected chi connectivity index (χ4v) is 5.93. The Morgan fingerprint density at radius 2 is 0.729 bits per heavy atom. The van der Waals surface area contributed by atoms with Gasteiger partial charge < -0.3 is 14.2 Å². The molecule has 284 valence electrons. The highest BCUT2D eigenvalue weighted by Crippen LogP contribution is 2.17. The molecule has 0 radical (unpaired) electrons. The van der Waals surface area contributed by atoms with Crippen LogP contribution in [0.3, 0.4) is 0 Å². The Kier molecular flexibility index (Phi) is 32.8. The molecule has 3 atom stereocenters. The Balaban J connectivity index is 4.40. The van der Waals surface area contributed by atoms with Gasteiger partial charge in [0.25, 0.3) is 0 Å². The number of carbonyl (C=O) groups is 3. The molecular weight excluding hydrogens is 600 g/mol.